The number of piperidine rings is 1. The Morgan fingerprint density at radius 3 is 2.36 bits per heavy atom. The molecule has 2 heterocycles. The molecular formula is C19H34BNO. The predicted molar refractivity (Wildman–Crippen MR) is 93.4 cm³/mol. The average Bonchev–Trinajstić information content (AvgIpc) is 2.48. The Labute approximate surface area is 138 Å². The van der Waals surface area contributed by atoms with Crippen molar-refractivity contribution in [1.82, 2.24) is 4.90 Å². The third kappa shape index (κ3) is 3.26. The van der Waals surface area contributed by atoms with Gasteiger partial charge in [-0.05, 0) is 45.1 Å². The van der Waals surface area contributed by atoms with Crippen LogP contribution in [0.3, 0.4) is 0 Å². The summed E-state index contributed by atoms with van der Waals surface area (Å²) in [7, 11) is 6.27. The lowest BCUT2D eigenvalue weighted by atomic mass is 9.65. The van der Waals surface area contributed by atoms with Crippen LogP contribution in [0.4, 0.5) is 0 Å². The second kappa shape index (κ2) is 7.26. The smallest absolute Gasteiger partial charge is 0.0711 e. The van der Waals surface area contributed by atoms with E-state index in [1.165, 1.54) is 64.3 Å². The Hall–Kier alpha value is -0.0151. The topological polar surface area (TPSA) is 12.5 Å². The maximum atomic E-state index is 6.27. The minimum absolute atomic E-state index is 0.368. The van der Waals surface area contributed by atoms with Crippen LogP contribution in [0, 0.1) is 11.8 Å². The summed E-state index contributed by atoms with van der Waals surface area (Å²) in [5.74, 6) is 2.21. The van der Waals surface area contributed by atoms with Crippen molar-refractivity contribution in [1.29, 1.82) is 0 Å². The van der Waals surface area contributed by atoms with Crippen LogP contribution >= 0.6 is 0 Å². The van der Waals surface area contributed by atoms with Gasteiger partial charge in [0, 0.05) is 6.04 Å². The Bertz CT molecular complexity index is 355. The van der Waals surface area contributed by atoms with E-state index in [1.54, 1.807) is 0 Å². The highest BCUT2D eigenvalue weighted by atomic mass is 16.5. The molecule has 124 valence electrons. The van der Waals surface area contributed by atoms with E-state index < -0.39 is 0 Å². The zero-order valence-electron chi connectivity index (χ0n) is 14.7. The molecule has 3 fully saturated rings. The summed E-state index contributed by atoms with van der Waals surface area (Å²) in [5.41, 5.74) is 0.368. The van der Waals surface area contributed by atoms with Crippen LogP contribution in [0.15, 0.2) is 0 Å². The van der Waals surface area contributed by atoms with Gasteiger partial charge in [-0.1, -0.05) is 50.8 Å². The standard InChI is InChI=1S/C19H34BNO/c1-15(2)21-12-11-16-7-6-9-17(20)8-4-3-5-10-18(16)19(21)13-22-14-19/h15-18H,3-14H2,1-2H3. The van der Waals surface area contributed by atoms with Crippen molar-refractivity contribution in [3.63, 3.8) is 0 Å². The van der Waals surface area contributed by atoms with E-state index in [4.69, 9.17) is 12.6 Å². The third-order valence-electron chi connectivity index (χ3n) is 6.64. The molecule has 22 heavy (non-hydrogen) atoms. The highest BCUT2D eigenvalue weighted by molar-refractivity contribution is 6.11. The van der Waals surface area contributed by atoms with Crippen molar-refractivity contribution >= 4 is 7.85 Å². The van der Waals surface area contributed by atoms with Gasteiger partial charge in [0.05, 0.1) is 26.6 Å². The van der Waals surface area contributed by atoms with Crippen LogP contribution in [0.25, 0.3) is 0 Å². The zero-order valence-corrected chi connectivity index (χ0v) is 14.7. The molecule has 3 unspecified atom stereocenters. The van der Waals surface area contributed by atoms with Gasteiger partial charge in [0.25, 0.3) is 0 Å². The first-order chi connectivity index (χ1) is 10.6. The maximum absolute atomic E-state index is 6.27. The molecule has 0 amide bonds. The molecule has 1 spiro atoms. The number of rotatable bonds is 1. The molecule has 1 aliphatic carbocycles. The molecule has 0 N–H and O–H groups in total. The second-order valence-corrected chi connectivity index (χ2v) is 8.37. The van der Waals surface area contributed by atoms with Crippen LogP contribution in [-0.2, 0) is 4.74 Å². The first-order valence-electron chi connectivity index (χ1n) is 9.73. The van der Waals surface area contributed by atoms with Crippen molar-refractivity contribution in [2.45, 2.75) is 89.0 Å². The number of ether oxygens (including phenoxy) is 1. The molecule has 3 aliphatic rings. The fourth-order valence-corrected chi connectivity index (χ4v) is 5.43. The highest BCUT2D eigenvalue weighted by Crippen LogP contribution is 2.47. The number of hydrogen-bond acceptors (Lipinski definition) is 2. The van der Waals surface area contributed by atoms with Gasteiger partial charge in [0.2, 0.25) is 0 Å². The first-order valence-corrected chi connectivity index (χ1v) is 9.73. The van der Waals surface area contributed by atoms with Crippen molar-refractivity contribution < 1.29 is 4.74 Å². The normalized spacial score (nSPS) is 37.3. The number of nitrogens with zero attached hydrogens (tertiary/aromatic N) is 1. The summed E-state index contributed by atoms with van der Waals surface area (Å²) in [6.45, 7) is 7.96. The number of likely N-dealkylation sites (tertiary alicyclic amines) is 1. The van der Waals surface area contributed by atoms with Gasteiger partial charge in [-0.15, -0.1) is 0 Å². The van der Waals surface area contributed by atoms with E-state index in [0.717, 1.165) is 25.0 Å². The molecule has 0 bridgehead atoms. The van der Waals surface area contributed by atoms with Crippen LogP contribution in [0.5, 0.6) is 0 Å². The van der Waals surface area contributed by atoms with E-state index in [0.29, 0.717) is 17.4 Å². The molecule has 1 saturated carbocycles. The Balaban J connectivity index is 1.75. The van der Waals surface area contributed by atoms with Gasteiger partial charge in [-0.2, -0.15) is 0 Å². The summed E-state index contributed by atoms with van der Waals surface area (Å²) in [6.07, 6.45) is 12.1. The van der Waals surface area contributed by atoms with Gasteiger partial charge < -0.3 is 4.74 Å². The Kier molecular flexibility index (Phi) is 5.55. The van der Waals surface area contributed by atoms with E-state index in [2.05, 4.69) is 18.7 Å². The minimum Gasteiger partial charge on any atom is -0.377 e. The van der Waals surface area contributed by atoms with Crippen molar-refractivity contribution in [2.24, 2.45) is 11.8 Å². The number of fused-ring (bicyclic) bond motifs is 2. The van der Waals surface area contributed by atoms with Gasteiger partial charge in [-0.25, -0.2) is 0 Å². The van der Waals surface area contributed by atoms with Crippen molar-refractivity contribution in [3.8, 4) is 0 Å². The van der Waals surface area contributed by atoms with Gasteiger partial charge in [-0.3, -0.25) is 4.90 Å². The summed E-state index contributed by atoms with van der Waals surface area (Å²) in [5, 5.41) is 0. The fourth-order valence-electron chi connectivity index (χ4n) is 5.43. The highest BCUT2D eigenvalue weighted by Gasteiger charge is 2.54. The Morgan fingerprint density at radius 1 is 0.955 bits per heavy atom. The molecule has 2 aliphatic heterocycles. The maximum Gasteiger partial charge on any atom is 0.0711 e. The molecule has 3 atom stereocenters. The van der Waals surface area contributed by atoms with E-state index in [-0.39, 0.29) is 0 Å². The first kappa shape index (κ1) is 16.8. The lowest BCUT2D eigenvalue weighted by Gasteiger charge is -2.61. The molecule has 0 aromatic heterocycles. The number of hydrogen-bond donors (Lipinski definition) is 0. The van der Waals surface area contributed by atoms with E-state index in [9.17, 15) is 0 Å². The molecule has 2 saturated heterocycles. The monoisotopic (exact) mass is 303 g/mol. The summed E-state index contributed by atoms with van der Waals surface area (Å²) >= 11 is 0. The van der Waals surface area contributed by atoms with E-state index in [1.807, 2.05) is 0 Å². The zero-order chi connectivity index (χ0) is 15.6. The lowest BCUT2D eigenvalue weighted by molar-refractivity contribution is -0.208. The predicted octanol–water partition coefficient (Wildman–Crippen LogP) is 4.19. The molecule has 2 radical (unpaired) electrons. The quantitative estimate of drug-likeness (QED) is 0.673. The third-order valence-corrected chi connectivity index (χ3v) is 6.64. The summed E-state index contributed by atoms with van der Waals surface area (Å²) in [4.78, 5) is 2.78. The Morgan fingerprint density at radius 2 is 1.68 bits per heavy atom. The van der Waals surface area contributed by atoms with Crippen LogP contribution in [-0.4, -0.2) is 44.1 Å². The largest absolute Gasteiger partial charge is 0.377 e. The van der Waals surface area contributed by atoms with Crippen molar-refractivity contribution in [2.75, 3.05) is 19.8 Å². The van der Waals surface area contributed by atoms with E-state index >= 15 is 0 Å². The summed E-state index contributed by atoms with van der Waals surface area (Å²) in [6, 6.07) is 0.649. The van der Waals surface area contributed by atoms with Crippen molar-refractivity contribution in [3.05, 3.63) is 0 Å². The van der Waals surface area contributed by atoms with Gasteiger partial charge in [0.15, 0.2) is 0 Å². The molecule has 3 rings (SSSR count). The summed E-state index contributed by atoms with van der Waals surface area (Å²) < 4.78 is 5.75. The molecule has 0 aromatic carbocycles. The molecule has 0 aromatic rings. The lowest BCUT2D eigenvalue weighted by Crippen LogP contribution is -2.71. The molecular weight excluding hydrogens is 269 g/mol. The minimum atomic E-state index is 0.368. The van der Waals surface area contributed by atoms with Gasteiger partial charge in [0.1, 0.15) is 0 Å². The molecule has 2 nitrogen and oxygen atoms in total. The SMILES string of the molecule is [B]C1CCCCCC2C(CCC1)CCN(C(C)C)C21COC1. The van der Waals surface area contributed by atoms with Crippen LogP contribution in [0.1, 0.15) is 71.6 Å². The fraction of sp³-hybridized carbons (Fsp3) is 1.00. The molecule has 3 heteroatoms. The van der Waals surface area contributed by atoms with Crippen LogP contribution < -0.4 is 0 Å². The van der Waals surface area contributed by atoms with Crippen LogP contribution in [0.2, 0.25) is 5.82 Å². The average molecular weight is 303 g/mol. The second-order valence-electron chi connectivity index (χ2n) is 8.37. The van der Waals surface area contributed by atoms with Gasteiger partial charge >= 0.3 is 0 Å².